The maximum absolute atomic E-state index is 12.1. The van der Waals surface area contributed by atoms with E-state index < -0.39 is 23.4 Å². The predicted molar refractivity (Wildman–Crippen MR) is 157 cm³/mol. The average Bonchev–Trinajstić information content (AvgIpc) is 3.51. The van der Waals surface area contributed by atoms with Gasteiger partial charge in [0.05, 0.1) is 35.5 Å². The van der Waals surface area contributed by atoms with Gasteiger partial charge < -0.3 is 30.1 Å². The predicted octanol–water partition coefficient (Wildman–Crippen LogP) is 5.96. The number of imidazole rings is 2. The van der Waals surface area contributed by atoms with Crippen molar-refractivity contribution in [2.45, 2.75) is 72.3 Å². The number of amides is 2. The molecule has 10 heteroatoms. The molecule has 10 nitrogen and oxygen atoms in total. The summed E-state index contributed by atoms with van der Waals surface area (Å²) in [6, 6.07) is 13.2. The Balaban J connectivity index is 1.37. The minimum Gasteiger partial charge on any atom is -0.444 e. The lowest BCUT2D eigenvalue weighted by molar-refractivity contribution is 0.0500. The first-order chi connectivity index (χ1) is 19.2. The molecule has 2 amide bonds. The van der Waals surface area contributed by atoms with Crippen LogP contribution in [0.2, 0.25) is 0 Å². The van der Waals surface area contributed by atoms with Gasteiger partial charge in [-0.2, -0.15) is 0 Å². The molecule has 214 valence electrons. The Bertz CT molecular complexity index is 1590. The van der Waals surface area contributed by atoms with E-state index in [2.05, 4.69) is 42.4 Å². The van der Waals surface area contributed by atoms with Crippen molar-refractivity contribution in [1.29, 1.82) is 0 Å². The van der Waals surface area contributed by atoms with Crippen molar-refractivity contribution < 1.29 is 19.1 Å². The molecule has 0 aliphatic rings. The zero-order valence-electron chi connectivity index (χ0n) is 24.4. The molecule has 4 aromatic rings. The molecular formula is C31H36N6O4. The van der Waals surface area contributed by atoms with E-state index in [4.69, 9.17) is 9.47 Å². The summed E-state index contributed by atoms with van der Waals surface area (Å²) in [4.78, 5) is 39.4. The fourth-order valence-corrected chi connectivity index (χ4v) is 3.83. The van der Waals surface area contributed by atoms with Crippen molar-refractivity contribution in [3.8, 4) is 23.1 Å². The number of aromatic amines is 2. The number of carbonyl (C=O) groups excluding carboxylic acids is 2. The molecule has 0 aliphatic heterocycles. The summed E-state index contributed by atoms with van der Waals surface area (Å²) in [5, 5.41) is 5.49. The highest BCUT2D eigenvalue weighted by Crippen LogP contribution is 2.20. The lowest BCUT2D eigenvalue weighted by atomic mass is 10.1. The van der Waals surface area contributed by atoms with E-state index in [1.54, 1.807) is 6.20 Å². The number of ether oxygens (including phenoxy) is 2. The number of fused-ring (bicyclic) bond motifs is 1. The van der Waals surface area contributed by atoms with Crippen LogP contribution in [0.5, 0.6) is 0 Å². The smallest absolute Gasteiger partial charge is 0.408 e. The second kappa shape index (κ2) is 11.8. The molecule has 2 aromatic heterocycles. The second-order valence-electron chi connectivity index (χ2n) is 11.6. The molecule has 0 saturated heterocycles. The number of hydrogen-bond donors (Lipinski definition) is 4. The molecule has 0 fully saturated rings. The first-order valence-electron chi connectivity index (χ1n) is 13.4. The summed E-state index contributed by atoms with van der Waals surface area (Å²) in [5.41, 5.74) is 3.97. The summed E-state index contributed by atoms with van der Waals surface area (Å²) in [5.74, 6) is 7.64. The van der Waals surface area contributed by atoms with E-state index in [1.807, 2.05) is 90.9 Å². The van der Waals surface area contributed by atoms with Crippen molar-refractivity contribution >= 4 is 23.2 Å². The van der Waals surface area contributed by atoms with Crippen molar-refractivity contribution in [2.24, 2.45) is 0 Å². The minimum absolute atomic E-state index is 0.230. The van der Waals surface area contributed by atoms with Crippen molar-refractivity contribution in [1.82, 2.24) is 30.6 Å². The zero-order chi connectivity index (χ0) is 29.8. The van der Waals surface area contributed by atoms with Gasteiger partial charge in [-0.25, -0.2) is 19.6 Å². The topological polar surface area (TPSA) is 134 Å². The molecule has 4 rings (SSSR count). The maximum atomic E-state index is 12.1. The summed E-state index contributed by atoms with van der Waals surface area (Å²) < 4.78 is 10.6. The third-order valence-electron chi connectivity index (χ3n) is 5.62. The highest BCUT2D eigenvalue weighted by molar-refractivity contribution is 5.77. The van der Waals surface area contributed by atoms with Crippen LogP contribution in [0, 0.1) is 11.8 Å². The van der Waals surface area contributed by atoms with E-state index in [9.17, 15) is 9.59 Å². The van der Waals surface area contributed by atoms with Gasteiger partial charge in [0.25, 0.3) is 0 Å². The van der Waals surface area contributed by atoms with Crippen LogP contribution >= 0.6 is 0 Å². The lowest BCUT2D eigenvalue weighted by Crippen LogP contribution is -2.34. The molecule has 4 N–H and O–H groups in total. The number of benzene rings is 2. The summed E-state index contributed by atoms with van der Waals surface area (Å²) in [6.07, 6.45) is 0.752. The van der Waals surface area contributed by atoms with Gasteiger partial charge in [-0.15, -0.1) is 0 Å². The quantitative estimate of drug-likeness (QED) is 0.224. The SMILES string of the molecule is CC(NC(=O)OC(C)(C)C)c1ncc(-c2ccc(C#Cc3ccc4nc(CNC(=O)OC(C)(C)C)[nH]c4c3)cc2)[nH]1. The minimum atomic E-state index is -0.569. The largest absolute Gasteiger partial charge is 0.444 e. The highest BCUT2D eigenvalue weighted by atomic mass is 16.6. The fraction of sp³-hybridized carbons (Fsp3) is 0.355. The summed E-state index contributed by atoms with van der Waals surface area (Å²) in [6.45, 7) is 13.0. The number of rotatable bonds is 5. The standard InChI is InChI=1S/C31H36N6O4/c1-19(34-29(39)41-31(5,6)7)27-32-17-25(37-27)22-13-10-20(11-14-22)8-9-21-12-15-23-24(16-21)36-26(35-23)18-33-28(38)40-30(2,3)4/h10-17,19H,18H2,1-7H3,(H,32,37)(H,33,38)(H,34,39)(H,35,36). The Morgan fingerprint density at radius 1 is 0.902 bits per heavy atom. The van der Waals surface area contributed by atoms with Crippen LogP contribution in [0.25, 0.3) is 22.3 Å². The molecule has 1 unspecified atom stereocenters. The number of alkyl carbamates (subject to hydrolysis) is 2. The van der Waals surface area contributed by atoms with Gasteiger partial charge in [0, 0.05) is 11.1 Å². The van der Waals surface area contributed by atoms with Crippen LogP contribution in [-0.2, 0) is 16.0 Å². The van der Waals surface area contributed by atoms with E-state index >= 15 is 0 Å². The van der Waals surface area contributed by atoms with Gasteiger partial charge in [0.15, 0.2) is 0 Å². The van der Waals surface area contributed by atoms with Gasteiger partial charge in [-0.1, -0.05) is 24.0 Å². The van der Waals surface area contributed by atoms with Crippen LogP contribution < -0.4 is 10.6 Å². The van der Waals surface area contributed by atoms with Gasteiger partial charge in [0.2, 0.25) is 0 Å². The van der Waals surface area contributed by atoms with Crippen LogP contribution in [0.4, 0.5) is 9.59 Å². The van der Waals surface area contributed by atoms with Crippen molar-refractivity contribution in [2.75, 3.05) is 0 Å². The molecule has 0 bridgehead atoms. The van der Waals surface area contributed by atoms with Crippen LogP contribution in [0.3, 0.4) is 0 Å². The third kappa shape index (κ3) is 8.60. The number of H-pyrrole nitrogens is 2. The van der Waals surface area contributed by atoms with Gasteiger partial charge in [-0.3, -0.25) is 0 Å². The number of aromatic nitrogens is 4. The maximum Gasteiger partial charge on any atom is 0.408 e. The first-order valence-corrected chi connectivity index (χ1v) is 13.4. The summed E-state index contributed by atoms with van der Waals surface area (Å²) >= 11 is 0. The van der Waals surface area contributed by atoms with Crippen molar-refractivity contribution in [3.05, 3.63) is 71.4 Å². The normalized spacial score (nSPS) is 12.3. The molecule has 2 heterocycles. The molecule has 0 radical (unpaired) electrons. The Hall–Kier alpha value is -4.78. The van der Waals surface area contributed by atoms with E-state index in [0.717, 1.165) is 33.4 Å². The molecule has 0 aliphatic carbocycles. The first kappa shape index (κ1) is 29.2. The monoisotopic (exact) mass is 556 g/mol. The van der Waals surface area contributed by atoms with Crippen LogP contribution in [-0.4, -0.2) is 43.3 Å². The fourth-order valence-electron chi connectivity index (χ4n) is 3.83. The van der Waals surface area contributed by atoms with Crippen LogP contribution in [0.1, 0.15) is 77.3 Å². The number of carbonyl (C=O) groups is 2. The lowest BCUT2D eigenvalue weighted by Gasteiger charge is -2.21. The Morgan fingerprint density at radius 3 is 2.22 bits per heavy atom. The number of nitrogens with one attached hydrogen (secondary N) is 4. The molecule has 2 aromatic carbocycles. The van der Waals surface area contributed by atoms with Gasteiger partial charge in [-0.05, 0) is 84.4 Å². The Labute approximate surface area is 239 Å². The van der Waals surface area contributed by atoms with E-state index in [0.29, 0.717) is 11.6 Å². The molecular weight excluding hydrogens is 520 g/mol. The van der Waals surface area contributed by atoms with Gasteiger partial charge in [0.1, 0.15) is 22.9 Å². The number of hydrogen-bond acceptors (Lipinski definition) is 6. The van der Waals surface area contributed by atoms with E-state index in [1.165, 1.54) is 0 Å². The Kier molecular flexibility index (Phi) is 8.38. The van der Waals surface area contributed by atoms with E-state index in [-0.39, 0.29) is 12.6 Å². The third-order valence-corrected chi connectivity index (χ3v) is 5.62. The van der Waals surface area contributed by atoms with Crippen LogP contribution in [0.15, 0.2) is 48.7 Å². The molecule has 1 atom stereocenters. The second-order valence-corrected chi connectivity index (χ2v) is 11.6. The molecule has 0 spiro atoms. The zero-order valence-corrected chi connectivity index (χ0v) is 24.4. The van der Waals surface area contributed by atoms with Gasteiger partial charge >= 0.3 is 12.2 Å². The average molecular weight is 557 g/mol. The molecule has 41 heavy (non-hydrogen) atoms. The summed E-state index contributed by atoms with van der Waals surface area (Å²) in [7, 11) is 0. The Morgan fingerprint density at radius 2 is 1.54 bits per heavy atom. The van der Waals surface area contributed by atoms with Crippen molar-refractivity contribution in [3.63, 3.8) is 0 Å². The highest BCUT2D eigenvalue weighted by Gasteiger charge is 2.20. The number of nitrogens with zero attached hydrogens (tertiary/aromatic N) is 2. The molecule has 0 saturated carbocycles.